The molecule has 5 atom stereocenters. The predicted octanol–water partition coefficient (Wildman–Crippen LogP) is 4.46. The molecule has 14 nitrogen and oxygen atoms in total. The molecule has 0 spiro atoms. The second-order valence-corrected chi connectivity index (χ2v) is 14.7. The van der Waals surface area contributed by atoms with Gasteiger partial charge in [0.1, 0.15) is 36.2 Å². The number of aliphatic hydroxyl groups is 2. The van der Waals surface area contributed by atoms with E-state index in [2.05, 4.69) is 15.3 Å². The zero-order valence-electron chi connectivity index (χ0n) is 26.5. The van der Waals surface area contributed by atoms with Gasteiger partial charge < -0.3 is 24.2 Å². The van der Waals surface area contributed by atoms with Gasteiger partial charge in [-0.3, -0.25) is 18.9 Å². The number of unbranched alkanes of at least 4 members (excludes halogenated alkanes) is 2. The molecule has 0 aliphatic carbocycles. The smallest absolute Gasteiger partial charge is 0.449 e. The minimum Gasteiger partial charge on any atom is -0.449 e. The molecule has 250 valence electrons. The Morgan fingerprint density at radius 3 is 2.47 bits per heavy atom. The highest BCUT2D eigenvalue weighted by Crippen LogP contribution is 2.58. The number of hydrogen-bond donors (Lipinski definition) is 3. The van der Waals surface area contributed by atoms with Crippen LogP contribution in [0.15, 0.2) is 17.2 Å². The molecule has 1 aromatic heterocycles. The van der Waals surface area contributed by atoms with Crippen LogP contribution in [0.4, 0.5) is 15.1 Å². The minimum absolute atomic E-state index is 0.0654. The highest BCUT2D eigenvalue weighted by molar-refractivity contribution is 7.49. The lowest BCUT2D eigenvalue weighted by molar-refractivity contribution is -0.0559. The quantitative estimate of drug-likeness (QED) is 0.255. The van der Waals surface area contributed by atoms with Crippen molar-refractivity contribution in [1.82, 2.24) is 14.5 Å². The number of carbonyl (C=O) groups is 1. The fourth-order valence-corrected chi connectivity index (χ4v) is 6.09. The van der Waals surface area contributed by atoms with Crippen molar-refractivity contribution in [2.45, 2.75) is 110 Å². The van der Waals surface area contributed by atoms with Crippen LogP contribution in [0, 0.1) is 5.82 Å². The minimum atomic E-state index is -4.34. The third kappa shape index (κ3) is 7.90. The number of phosphoric acid groups is 1. The number of aromatic nitrogens is 3. The largest absolute Gasteiger partial charge is 0.530 e. The average Bonchev–Trinajstić information content (AvgIpc) is 3.21. The van der Waals surface area contributed by atoms with Gasteiger partial charge in [0.05, 0.1) is 25.4 Å². The van der Waals surface area contributed by atoms with Gasteiger partial charge in [-0.2, -0.15) is 4.98 Å². The number of fused-ring (bicyclic) bond motifs is 1. The van der Waals surface area contributed by atoms with Crippen molar-refractivity contribution in [3.05, 3.63) is 45.4 Å². The molecule has 1 aromatic carbocycles. The van der Waals surface area contributed by atoms with Crippen LogP contribution in [0.3, 0.4) is 0 Å². The maximum atomic E-state index is 15.6. The number of halogens is 1. The fraction of sp³-hybridized carbons (Fsp3) is 0.655. The van der Waals surface area contributed by atoms with Crippen LogP contribution in [-0.2, 0) is 40.5 Å². The van der Waals surface area contributed by atoms with Gasteiger partial charge >= 0.3 is 19.6 Å². The summed E-state index contributed by atoms with van der Waals surface area (Å²) in [5.41, 5.74) is -0.782. The molecule has 2 aliphatic heterocycles. The Morgan fingerprint density at radius 2 is 1.84 bits per heavy atom. The van der Waals surface area contributed by atoms with E-state index in [1.807, 2.05) is 48.5 Å². The number of phosphoric ester groups is 1. The molecule has 5 unspecified atom stereocenters. The maximum absolute atomic E-state index is 15.6. The third-order valence-electron chi connectivity index (χ3n) is 7.42. The van der Waals surface area contributed by atoms with E-state index in [1.165, 1.54) is 0 Å². The topological polar surface area (TPSA) is 181 Å². The highest BCUT2D eigenvalue weighted by Gasteiger charge is 2.47. The second-order valence-electron chi connectivity index (χ2n) is 13.1. The Balaban J connectivity index is 1.45. The number of anilines is 1. The van der Waals surface area contributed by atoms with E-state index in [4.69, 9.17) is 23.0 Å². The van der Waals surface area contributed by atoms with Crippen LogP contribution >= 0.6 is 7.82 Å². The zero-order valence-corrected chi connectivity index (χ0v) is 27.4. The van der Waals surface area contributed by atoms with Crippen molar-refractivity contribution in [2.24, 2.45) is 0 Å². The normalized spacial score (nSPS) is 25.0. The van der Waals surface area contributed by atoms with Gasteiger partial charge in [0.15, 0.2) is 6.23 Å². The summed E-state index contributed by atoms with van der Waals surface area (Å²) < 4.78 is 57.2. The maximum Gasteiger partial charge on any atom is 0.530 e. The van der Waals surface area contributed by atoms with Gasteiger partial charge in [0, 0.05) is 5.56 Å². The number of carbonyl (C=O) groups excluding carboxylic acids is 1. The molecule has 3 heterocycles. The molecule has 45 heavy (non-hydrogen) atoms. The standard InChI is InChI=1S/C29H42FN4O10P/c1-8-9-10-11-40-27(38)33-25-31-15-34(26(37)32-25)24-22(36)21(35)19(43-24)14-42-45(39)41-13-16-20(30)17(28(2,3)4)12-18(23(16)44-45)29(5,6)7/h12,15,19,21-22,24,35-36H,8-11,13-14H2,1-7H3,(H,32,33,37,38). The number of hydrogen-bond acceptors (Lipinski definition) is 12. The van der Waals surface area contributed by atoms with E-state index < -0.39 is 67.4 Å². The lowest BCUT2D eigenvalue weighted by Gasteiger charge is -2.33. The summed E-state index contributed by atoms with van der Waals surface area (Å²) in [6.07, 6.45) is -3.26. The lowest BCUT2D eigenvalue weighted by Crippen LogP contribution is -2.36. The number of rotatable bonds is 9. The molecule has 1 fully saturated rings. The Kier molecular flexibility index (Phi) is 10.4. The Bertz CT molecular complexity index is 1510. The number of nitrogens with one attached hydrogen (secondary N) is 1. The number of amides is 1. The van der Waals surface area contributed by atoms with Gasteiger partial charge in [-0.1, -0.05) is 61.3 Å². The second kappa shape index (κ2) is 13.4. The van der Waals surface area contributed by atoms with E-state index in [1.54, 1.807) is 6.07 Å². The summed E-state index contributed by atoms with van der Waals surface area (Å²) in [5.74, 6) is -0.777. The van der Waals surface area contributed by atoms with Gasteiger partial charge in [-0.15, -0.1) is 0 Å². The Hall–Kier alpha value is -2.94. The summed E-state index contributed by atoms with van der Waals surface area (Å²) >= 11 is 0. The highest BCUT2D eigenvalue weighted by atomic mass is 31.2. The monoisotopic (exact) mass is 656 g/mol. The van der Waals surface area contributed by atoms with E-state index in [9.17, 15) is 24.4 Å². The molecule has 4 rings (SSSR count). The third-order valence-corrected chi connectivity index (χ3v) is 8.74. The molecule has 0 bridgehead atoms. The first-order valence-electron chi connectivity index (χ1n) is 14.8. The van der Waals surface area contributed by atoms with Crippen molar-refractivity contribution in [2.75, 3.05) is 18.5 Å². The summed E-state index contributed by atoms with van der Waals surface area (Å²) in [6, 6.07) is 1.70. The number of benzene rings is 1. The molecule has 1 saturated heterocycles. The van der Waals surface area contributed by atoms with Gasteiger partial charge in [0.2, 0.25) is 5.95 Å². The molecule has 1 amide bonds. The molecular formula is C29H42FN4O10P. The Labute approximate surface area is 260 Å². The first kappa shape index (κ1) is 34.9. The average molecular weight is 657 g/mol. The number of nitrogens with zero attached hydrogens (tertiary/aromatic N) is 3. The summed E-state index contributed by atoms with van der Waals surface area (Å²) in [7, 11) is -4.34. The van der Waals surface area contributed by atoms with Gasteiger partial charge in [-0.05, 0) is 28.9 Å². The zero-order chi connectivity index (χ0) is 33.3. The summed E-state index contributed by atoms with van der Waals surface area (Å²) in [6.45, 7) is 12.6. The van der Waals surface area contributed by atoms with E-state index in [0.29, 0.717) is 17.5 Å². The van der Waals surface area contributed by atoms with E-state index >= 15 is 4.39 Å². The summed E-state index contributed by atoms with van der Waals surface area (Å²) in [4.78, 5) is 32.1. The SMILES string of the molecule is CCCCCOC(=O)Nc1ncn(C2OC(COP3(=O)OCc4c(F)c(C(C)(C)C)cc(C(C)(C)C)c4O3)C(O)C2O)c(=O)n1. The first-order valence-corrected chi connectivity index (χ1v) is 16.3. The van der Waals surface area contributed by atoms with Crippen molar-refractivity contribution in [3.63, 3.8) is 0 Å². The number of ether oxygens (including phenoxy) is 2. The number of aliphatic hydroxyl groups excluding tert-OH is 2. The van der Waals surface area contributed by atoms with Crippen LogP contribution < -0.4 is 15.5 Å². The molecule has 2 aliphatic rings. The van der Waals surface area contributed by atoms with Crippen molar-refractivity contribution < 1.29 is 47.0 Å². The molecular weight excluding hydrogens is 614 g/mol. The fourth-order valence-electron chi connectivity index (χ4n) is 4.86. The van der Waals surface area contributed by atoms with Gasteiger partial charge in [0.25, 0.3) is 0 Å². The van der Waals surface area contributed by atoms with Crippen LogP contribution in [-0.4, -0.2) is 62.4 Å². The molecule has 2 aromatic rings. The first-order chi connectivity index (χ1) is 20.9. The molecule has 3 N–H and O–H groups in total. The van der Waals surface area contributed by atoms with Crippen LogP contribution in [0.5, 0.6) is 5.75 Å². The van der Waals surface area contributed by atoms with Crippen molar-refractivity contribution >= 4 is 19.9 Å². The van der Waals surface area contributed by atoms with Crippen LogP contribution in [0.1, 0.15) is 90.6 Å². The van der Waals surface area contributed by atoms with E-state index in [0.717, 1.165) is 23.7 Å². The predicted molar refractivity (Wildman–Crippen MR) is 159 cm³/mol. The van der Waals surface area contributed by atoms with E-state index in [-0.39, 0.29) is 30.5 Å². The Morgan fingerprint density at radius 1 is 1.16 bits per heavy atom. The lowest BCUT2D eigenvalue weighted by atomic mass is 9.78. The molecule has 0 radical (unpaired) electrons. The van der Waals surface area contributed by atoms with Crippen LogP contribution in [0.2, 0.25) is 0 Å². The molecule has 16 heteroatoms. The van der Waals surface area contributed by atoms with Crippen molar-refractivity contribution in [3.8, 4) is 5.75 Å². The molecule has 0 saturated carbocycles. The van der Waals surface area contributed by atoms with Crippen LogP contribution in [0.25, 0.3) is 0 Å². The van der Waals surface area contributed by atoms with Gasteiger partial charge in [-0.25, -0.2) is 23.5 Å². The van der Waals surface area contributed by atoms with Crippen molar-refractivity contribution in [1.29, 1.82) is 0 Å². The summed E-state index contributed by atoms with van der Waals surface area (Å²) in [5, 5.41) is 23.5.